The number of halogens is 1. The molecule has 5 nitrogen and oxygen atoms in total. The summed E-state index contributed by atoms with van der Waals surface area (Å²) in [5.74, 6) is -0.219. The lowest BCUT2D eigenvalue weighted by atomic mass is 9.82. The molecule has 1 aliphatic rings. The van der Waals surface area contributed by atoms with E-state index in [2.05, 4.69) is 5.32 Å². The van der Waals surface area contributed by atoms with Crippen LogP contribution >= 0.6 is 0 Å². The fraction of sp³-hybridized carbons (Fsp3) is 0.231. The Kier molecular flexibility index (Phi) is 5.95. The molecule has 1 atom stereocenters. The van der Waals surface area contributed by atoms with Crippen LogP contribution in [0.15, 0.2) is 72.8 Å². The van der Waals surface area contributed by atoms with Crippen LogP contribution in [0, 0.1) is 5.82 Å². The molecule has 2 amide bonds. The van der Waals surface area contributed by atoms with Crippen LogP contribution < -0.4 is 10.1 Å². The largest absolute Gasteiger partial charge is 0.496 e. The van der Waals surface area contributed by atoms with Crippen molar-refractivity contribution in [2.75, 3.05) is 7.11 Å². The number of amides is 2. The van der Waals surface area contributed by atoms with Crippen molar-refractivity contribution in [3.05, 3.63) is 101 Å². The Morgan fingerprint density at radius 3 is 2.62 bits per heavy atom. The van der Waals surface area contributed by atoms with Crippen molar-refractivity contribution in [3.63, 3.8) is 0 Å². The number of nitrogens with zero attached hydrogens (tertiary/aromatic N) is 1. The van der Waals surface area contributed by atoms with Crippen molar-refractivity contribution in [3.8, 4) is 5.75 Å². The van der Waals surface area contributed by atoms with Crippen LogP contribution in [0.4, 0.5) is 4.39 Å². The van der Waals surface area contributed by atoms with Gasteiger partial charge in [-0.15, -0.1) is 0 Å². The lowest BCUT2D eigenvalue weighted by Gasteiger charge is -2.44. The summed E-state index contributed by atoms with van der Waals surface area (Å²) in [4.78, 5) is 28.5. The van der Waals surface area contributed by atoms with Crippen LogP contribution in [0.5, 0.6) is 5.75 Å². The van der Waals surface area contributed by atoms with E-state index in [1.165, 1.54) is 12.1 Å². The highest BCUT2D eigenvalue weighted by Gasteiger charge is 2.46. The molecule has 164 valence electrons. The fourth-order valence-corrected chi connectivity index (χ4v) is 4.20. The van der Waals surface area contributed by atoms with Gasteiger partial charge in [-0.3, -0.25) is 9.59 Å². The number of fused-ring (bicyclic) bond motifs is 1. The van der Waals surface area contributed by atoms with Crippen molar-refractivity contribution >= 4 is 11.8 Å². The first-order chi connectivity index (χ1) is 15.4. The third kappa shape index (κ3) is 4.08. The van der Waals surface area contributed by atoms with Crippen LogP contribution in [0.1, 0.15) is 34.0 Å². The number of para-hydroxylation sites is 1. The Balaban J connectivity index is 1.65. The maximum absolute atomic E-state index is 13.8. The molecule has 3 aromatic rings. The molecule has 1 heterocycles. The predicted octanol–water partition coefficient (Wildman–Crippen LogP) is 4.11. The molecule has 1 N–H and O–H groups in total. The number of hydrogen-bond acceptors (Lipinski definition) is 3. The summed E-state index contributed by atoms with van der Waals surface area (Å²) in [5, 5.41) is 2.98. The van der Waals surface area contributed by atoms with Gasteiger partial charge in [-0.05, 0) is 42.3 Å². The number of methoxy groups -OCH3 is 1. The highest BCUT2D eigenvalue weighted by atomic mass is 19.1. The topological polar surface area (TPSA) is 58.6 Å². The SMILES string of the molecule is COc1ccccc1CNC(=O)[C@]1(C)Cc2ccccc2C(=O)N1Cc1cccc(F)c1. The molecule has 4 rings (SSSR count). The Bertz CT molecular complexity index is 1160. The van der Waals surface area contributed by atoms with Gasteiger partial charge >= 0.3 is 0 Å². The van der Waals surface area contributed by atoms with Crippen molar-refractivity contribution in [1.29, 1.82) is 0 Å². The Labute approximate surface area is 186 Å². The van der Waals surface area contributed by atoms with E-state index in [-0.39, 0.29) is 30.7 Å². The van der Waals surface area contributed by atoms with Gasteiger partial charge < -0.3 is 15.0 Å². The zero-order chi connectivity index (χ0) is 22.7. The Morgan fingerprint density at radius 1 is 1.09 bits per heavy atom. The van der Waals surface area contributed by atoms with E-state index in [1.807, 2.05) is 42.5 Å². The molecule has 0 radical (unpaired) electrons. The summed E-state index contributed by atoms with van der Waals surface area (Å²) in [6.07, 6.45) is 0.363. The normalized spacial score (nSPS) is 17.6. The lowest BCUT2D eigenvalue weighted by molar-refractivity contribution is -0.132. The van der Waals surface area contributed by atoms with Crippen LogP contribution in [-0.2, 0) is 24.3 Å². The second-order valence-corrected chi connectivity index (χ2v) is 8.12. The number of nitrogens with one attached hydrogen (secondary N) is 1. The average molecular weight is 432 g/mol. The van der Waals surface area contributed by atoms with Crippen LogP contribution in [0.2, 0.25) is 0 Å². The Hall–Kier alpha value is -3.67. The number of carbonyl (C=O) groups is 2. The first kappa shape index (κ1) is 21.6. The third-order valence-corrected chi connectivity index (χ3v) is 5.97. The standard InChI is InChI=1S/C26H25FN2O3/c1-26(25(31)28-16-20-10-4-6-13-23(20)32-2)15-19-9-3-5-12-22(19)24(30)29(26)17-18-8-7-11-21(27)14-18/h3-14H,15-17H2,1-2H3,(H,28,31)/t26-/m0/s1. The molecule has 0 aliphatic carbocycles. The molecule has 0 unspecified atom stereocenters. The van der Waals surface area contributed by atoms with E-state index < -0.39 is 5.54 Å². The molecule has 0 aromatic heterocycles. The monoisotopic (exact) mass is 432 g/mol. The first-order valence-electron chi connectivity index (χ1n) is 10.5. The minimum atomic E-state index is -1.14. The minimum Gasteiger partial charge on any atom is -0.496 e. The maximum atomic E-state index is 13.8. The van der Waals surface area contributed by atoms with Gasteiger partial charge in [0.15, 0.2) is 0 Å². The molecule has 6 heteroatoms. The Morgan fingerprint density at radius 2 is 1.84 bits per heavy atom. The second kappa shape index (κ2) is 8.83. The number of carbonyl (C=O) groups excluding carboxylic acids is 2. The van der Waals surface area contributed by atoms with Crippen molar-refractivity contribution in [2.45, 2.75) is 32.0 Å². The summed E-state index contributed by atoms with van der Waals surface area (Å²) >= 11 is 0. The van der Waals surface area contributed by atoms with Gasteiger partial charge in [0.05, 0.1) is 7.11 Å². The zero-order valence-electron chi connectivity index (χ0n) is 18.1. The van der Waals surface area contributed by atoms with E-state index in [4.69, 9.17) is 4.74 Å². The zero-order valence-corrected chi connectivity index (χ0v) is 18.1. The van der Waals surface area contributed by atoms with E-state index >= 15 is 0 Å². The smallest absolute Gasteiger partial charge is 0.255 e. The van der Waals surface area contributed by atoms with Gasteiger partial charge in [0.2, 0.25) is 5.91 Å². The number of rotatable bonds is 6. The van der Waals surface area contributed by atoms with Gasteiger partial charge in [0.1, 0.15) is 17.1 Å². The second-order valence-electron chi connectivity index (χ2n) is 8.12. The van der Waals surface area contributed by atoms with Crippen LogP contribution in [0.3, 0.4) is 0 Å². The summed E-state index contributed by atoms with van der Waals surface area (Å²) < 4.78 is 19.2. The molecule has 1 aliphatic heterocycles. The van der Waals surface area contributed by atoms with E-state index in [0.29, 0.717) is 23.3 Å². The van der Waals surface area contributed by atoms with Crippen molar-refractivity contribution < 1.29 is 18.7 Å². The lowest BCUT2D eigenvalue weighted by Crippen LogP contribution is -2.62. The fourth-order valence-electron chi connectivity index (χ4n) is 4.20. The van der Waals surface area contributed by atoms with Crippen LogP contribution in [0.25, 0.3) is 0 Å². The molecule has 0 spiro atoms. The minimum absolute atomic E-state index is 0.128. The van der Waals surface area contributed by atoms with Crippen molar-refractivity contribution in [2.24, 2.45) is 0 Å². The van der Waals surface area contributed by atoms with Gasteiger partial charge in [0.25, 0.3) is 5.91 Å². The van der Waals surface area contributed by atoms with E-state index in [1.54, 1.807) is 37.1 Å². The molecule has 0 fully saturated rings. The van der Waals surface area contributed by atoms with Gasteiger partial charge in [0, 0.05) is 30.6 Å². The maximum Gasteiger partial charge on any atom is 0.255 e. The number of benzene rings is 3. The van der Waals surface area contributed by atoms with E-state index in [0.717, 1.165) is 11.1 Å². The molecule has 3 aromatic carbocycles. The summed E-state index contributed by atoms with van der Waals surface area (Å²) in [7, 11) is 1.58. The predicted molar refractivity (Wildman–Crippen MR) is 120 cm³/mol. The average Bonchev–Trinajstić information content (AvgIpc) is 2.80. The third-order valence-electron chi connectivity index (χ3n) is 5.97. The molecule has 32 heavy (non-hydrogen) atoms. The van der Waals surface area contributed by atoms with Crippen molar-refractivity contribution in [1.82, 2.24) is 10.2 Å². The molecule has 0 saturated carbocycles. The molecular weight excluding hydrogens is 407 g/mol. The summed E-state index contributed by atoms with van der Waals surface area (Å²) in [6, 6.07) is 20.9. The van der Waals surface area contributed by atoms with E-state index in [9.17, 15) is 14.0 Å². The molecule has 0 saturated heterocycles. The van der Waals surface area contributed by atoms with Gasteiger partial charge in [-0.25, -0.2) is 4.39 Å². The highest BCUT2D eigenvalue weighted by molar-refractivity contribution is 6.02. The molecule has 0 bridgehead atoms. The quantitative estimate of drug-likeness (QED) is 0.638. The summed E-state index contributed by atoms with van der Waals surface area (Å²) in [6.45, 7) is 2.16. The highest BCUT2D eigenvalue weighted by Crippen LogP contribution is 2.33. The van der Waals surface area contributed by atoms with Gasteiger partial charge in [-0.1, -0.05) is 48.5 Å². The van der Waals surface area contributed by atoms with Crippen LogP contribution in [-0.4, -0.2) is 29.4 Å². The number of hydrogen-bond donors (Lipinski definition) is 1. The molecular formula is C26H25FN2O3. The summed E-state index contributed by atoms with van der Waals surface area (Å²) in [5.41, 5.74) is 1.72. The van der Waals surface area contributed by atoms with Gasteiger partial charge in [-0.2, -0.15) is 0 Å². The first-order valence-corrected chi connectivity index (χ1v) is 10.5. The number of ether oxygens (including phenoxy) is 1.